The van der Waals surface area contributed by atoms with Crippen LogP contribution >= 0.6 is 0 Å². The smallest absolute Gasteiger partial charge is 0.243 e. The monoisotopic (exact) mass is 217 g/mol. The van der Waals surface area contributed by atoms with Gasteiger partial charge in [-0.15, -0.1) is 0 Å². The highest BCUT2D eigenvalue weighted by Crippen LogP contribution is 2.20. The molecule has 1 aliphatic rings. The molecule has 2 heterocycles. The first-order valence-electron chi connectivity index (χ1n) is 4.28. The number of sulfone groups is 1. The molecule has 0 saturated carbocycles. The molecule has 78 valence electrons. The van der Waals surface area contributed by atoms with E-state index in [1.165, 1.54) is 0 Å². The summed E-state index contributed by atoms with van der Waals surface area (Å²) in [6.45, 7) is 0.939. The topological polar surface area (TPSA) is 85.1 Å². The second-order valence-corrected chi connectivity index (χ2v) is 5.55. The van der Waals surface area contributed by atoms with Crippen molar-refractivity contribution in [3.8, 4) is 0 Å². The molecule has 0 aromatic carbocycles. The summed E-state index contributed by atoms with van der Waals surface area (Å²) < 4.78 is 26.8. The highest BCUT2D eigenvalue weighted by molar-refractivity contribution is 7.89. The Bertz CT molecular complexity index is 421. The van der Waals surface area contributed by atoms with Gasteiger partial charge < -0.3 is 9.84 Å². The SMILES string of the molecule is CS(=O)(=O)Cc1noc(C2CCN2)n1. The summed E-state index contributed by atoms with van der Waals surface area (Å²) in [5.74, 6) is 0.551. The van der Waals surface area contributed by atoms with Gasteiger partial charge >= 0.3 is 0 Å². The van der Waals surface area contributed by atoms with Crippen molar-refractivity contribution in [3.63, 3.8) is 0 Å². The highest BCUT2D eigenvalue weighted by Gasteiger charge is 2.25. The van der Waals surface area contributed by atoms with E-state index < -0.39 is 9.84 Å². The molecule has 1 atom stereocenters. The van der Waals surface area contributed by atoms with Gasteiger partial charge in [0, 0.05) is 6.26 Å². The molecular weight excluding hydrogens is 206 g/mol. The van der Waals surface area contributed by atoms with E-state index in [1.54, 1.807) is 0 Å². The molecule has 1 fully saturated rings. The number of aromatic nitrogens is 2. The molecule has 0 amide bonds. The van der Waals surface area contributed by atoms with Gasteiger partial charge in [-0.3, -0.25) is 0 Å². The van der Waals surface area contributed by atoms with Crippen LogP contribution in [0.5, 0.6) is 0 Å². The average Bonchev–Trinajstić information content (AvgIpc) is 2.28. The minimum Gasteiger partial charge on any atom is -0.338 e. The van der Waals surface area contributed by atoms with E-state index in [9.17, 15) is 8.42 Å². The molecule has 6 nitrogen and oxygen atoms in total. The third-order valence-electron chi connectivity index (χ3n) is 2.00. The van der Waals surface area contributed by atoms with Crippen molar-refractivity contribution in [1.82, 2.24) is 15.5 Å². The Balaban J connectivity index is 2.09. The second kappa shape index (κ2) is 3.32. The van der Waals surface area contributed by atoms with Crippen LogP contribution in [0, 0.1) is 0 Å². The van der Waals surface area contributed by atoms with E-state index in [1.807, 2.05) is 0 Å². The summed E-state index contributed by atoms with van der Waals surface area (Å²) in [6, 6.07) is 0.107. The number of rotatable bonds is 3. The zero-order chi connectivity index (χ0) is 10.2. The largest absolute Gasteiger partial charge is 0.338 e. The van der Waals surface area contributed by atoms with Crippen molar-refractivity contribution in [1.29, 1.82) is 0 Å². The van der Waals surface area contributed by atoms with Crippen LogP contribution in [-0.2, 0) is 15.6 Å². The van der Waals surface area contributed by atoms with Gasteiger partial charge in [0.15, 0.2) is 15.7 Å². The number of hydrogen-bond acceptors (Lipinski definition) is 6. The molecule has 0 bridgehead atoms. The van der Waals surface area contributed by atoms with Crippen LogP contribution in [-0.4, -0.2) is 31.4 Å². The number of hydrogen-bond donors (Lipinski definition) is 1. The Morgan fingerprint density at radius 2 is 2.36 bits per heavy atom. The van der Waals surface area contributed by atoms with Crippen molar-refractivity contribution in [2.75, 3.05) is 12.8 Å². The lowest BCUT2D eigenvalue weighted by Gasteiger charge is -2.23. The lowest BCUT2D eigenvalue weighted by atomic mass is 10.1. The average molecular weight is 217 g/mol. The van der Waals surface area contributed by atoms with Gasteiger partial charge in [-0.2, -0.15) is 4.98 Å². The van der Waals surface area contributed by atoms with Crippen LogP contribution < -0.4 is 5.32 Å². The third-order valence-corrected chi connectivity index (χ3v) is 2.78. The van der Waals surface area contributed by atoms with Crippen LogP contribution in [0.25, 0.3) is 0 Å². The lowest BCUT2D eigenvalue weighted by Crippen LogP contribution is -2.35. The zero-order valence-corrected chi connectivity index (χ0v) is 8.54. The molecule has 1 N–H and O–H groups in total. The molecule has 0 radical (unpaired) electrons. The van der Waals surface area contributed by atoms with Gasteiger partial charge in [-0.1, -0.05) is 5.16 Å². The lowest BCUT2D eigenvalue weighted by molar-refractivity contribution is 0.272. The van der Waals surface area contributed by atoms with Crippen LogP contribution in [0.2, 0.25) is 0 Å². The molecule has 1 aromatic heterocycles. The van der Waals surface area contributed by atoms with Gasteiger partial charge in [0.2, 0.25) is 5.89 Å². The maximum absolute atomic E-state index is 10.9. The molecule has 1 aromatic rings. The van der Waals surface area contributed by atoms with Crippen molar-refractivity contribution >= 4 is 9.84 Å². The number of nitrogens with zero attached hydrogens (tertiary/aromatic N) is 2. The van der Waals surface area contributed by atoms with Gasteiger partial charge in [0.25, 0.3) is 0 Å². The van der Waals surface area contributed by atoms with E-state index in [0.29, 0.717) is 5.89 Å². The molecule has 0 spiro atoms. The van der Waals surface area contributed by atoms with E-state index in [0.717, 1.165) is 19.2 Å². The van der Waals surface area contributed by atoms with Gasteiger partial charge in [-0.05, 0) is 13.0 Å². The van der Waals surface area contributed by atoms with Crippen molar-refractivity contribution < 1.29 is 12.9 Å². The van der Waals surface area contributed by atoms with Crippen LogP contribution in [0.1, 0.15) is 24.2 Å². The fourth-order valence-corrected chi connectivity index (χ4v) is 1.79. The summed E-state index contributed by atoms with van der Waals surface area (Å²) >= 11 is 0. The van der Waals surface area contributed by atoms with Crippen LogP contribution in [0.4, 0.5) is 0 Å². The molecule has 1 unspecified atom stereocenters. The van der Waals surface area contributed by atoms with Crippen molar-refractivity contribution in [2.45, 2.75) is 18.2 Å². The van der Waals surface area contributed by atoms with E-state index >= 15 is 0 Å². The normalized spacial score (nSPS) is 21.9. The van der Waals surface area contributed by atoms with Crippen LogP contribution in [0.3, 0.4) is 0 Å². The maximum Gasteiger partial charge on any atom is 0.243 e. The Labute approximate surface area is 81.6 Å². The summed E-state index contributed by atoms with van der Waals surface area (Å²) in [5, 5.41) is 6.69. The summed E-state index contributed by atoms with van der Waals surface area (Å²) in [4.78, 5) is 4.00. The van der Waals surface area contributed by atoms with E-state index in [2.05, 4.69) is 15.5 Å². The fourth-order valence-electron chi connectivity index (χ4n) is 1.20. The molecule has 1 saturated heterocycles. The maximum atomic E-state index is 10.9. The Morgan fingerprint density at radius 1 is 1.64 bits per heavy atom. The minimum atomic E-state index is -3.08. The molecular formula is C7H11N3O3S. The quantitative estimate of drug-likeness (QED) is 0.744. The third kappa shape index (κ3) is 2.10. The number of nitrogens with one attached hydrogen (secondary N) is 1. The first-order chi connectivity index (χ1) is 6.54. The van der Waals surface area contributed by atoms with Gasteiger partial charge in [0.05, 0.1) is 6.04 Å². The minimum absolute atomic E-state index is 0.107. The van der Waals surface area contributed by atoms with Gasteiger partial charge in [-0.25, -0.2) is 8.42 Å². The standard InChI is InChI=1S/C7H11N3O3S/c1-14(11,12)4-6-9-7(13-10-6)5-2-3-8-5/h5,8H,2-4H2,1H3. The summed E-state index contributed by atoms with van der Waals surface area (Å²) in [5.41, 5.74) is 0. The predicted octanol–water partition coefficient (Wildman–Crippen LogP) is -0.351. The van der Waals surface area contributed by atoms with Crippen molar-refractivity contribution in [3.05, 3.63) is 11.7 Å². The van der Waals surface area contributed by atoms with E-state index in [-0.39, 0.29) is 17.6 Å². The van der Waals surface area contributed by atoms with Crippen LogP contribution in [0.15, 0.2) is 4.52 Å². The Morgan fingerprint density at radius 3 is 2.86 bits per heavy atom. The first kappa shape index (κ1) is 9.60. The van der Waals surface area contributed by atoms with Gasteiger partial charge in [0.1, 0.15) is 5.75 Å². The molecule has 7 heteroatoms. The first-order valence-corrected chi connectivity index (χ1v) is 6.34. The fraction of sp³-hybridized carbons (Fsp3) is 0.714. The zero-order valence-electron chi connectivity index (χ0n) is 7.73. The Hall–Kier alpha value is -0.950. The summed E-state index contributed by atoms with van der Waals surface area (Å²) in [7, 11) is -3.08. The van der Waals surface area contributed by atoms with E-state index in [4.69, 9.17) is 4.52 Å². The molecule has 2 rings (SSSR count). The Kier molecular flexibility index (Phi) is 2.28. The highest BCUT2D eigenvalue weighted by atomic mass is 32.2. The van der Waals surface area contributed by atoms with Crippen molar-refractivity contribution in [2.24, 2.45) is 0 Å². The molecule has 1 aliphatic heterocycles. The molecule has 14 heavy (non-hydrogen) atoms. The summed E-state index contributed by atoms with van der Waals surface area (Å²) in [6.07, 6.45) is 2.10. The second-order valence-electron chi connectivity index (χ2n) is 3.41. The predicted molar refractivity (Wildman–Crippen MR) is 48.2 cm³/mol. The molecule has 0 aliphatic carbocycles.